The molecule has 0 bridgehead atoms. The summed E-state index contributed by atoms with van der Waals surface area (Å²) in [4.78, 5) is 0. The molecule has 0 heterocycles. The smallest absolute Gasteiger partial charge is 0.0350 e. The summed E-state index contributed by atoms with van der Waals surface area (Å²) in [5, 5.41) is 0. The summed E-state index contributed by atoms with van der Waals surface area (Å²) in [6, 6.07) is 0. The Hall–Kier alpha value is -0.520. The van der Waals surface area contributed by atoms with Crippen LogP contribution >= 0.6 is 0 Å². The molecule has 10 heavy (non-hydrogen) atoms. The third-order valence-electron chi connectivity index (χ3n) is 1.29. The van der Waals surface area contributed by atoms with Gasteiger partial charge in [-0.25, -0.2) is 0 Å². The topological polar surface area (TPSA) is 0 Å². The van der Waals surface area contributed by atoms with Crippen molar-refractivity contribution in [1.29, 1.82) is 0 Å². The van der Waals surface area contributed by atoms with E-state index < -0.39 is 0 Å². The fourth-order valence-electron chi connectivity index (χ4n) is 0.683. The number of hydrogen-bond acceptors (Lipinski definition) is 0. The minimum absolute atomic E-state index is 1.20. The van der Waals surface area contributed by atoms with Crippen LogP contribution in [0.1, 0.15) is 39.5 Å². The van der Waals surface area contributed by atoms with Gasteiger partial charge < -0.3 is 0 Å². The zero-order valence-electron chi connectivity index (χ0n) is 7.14. The molecule has 0 aromatic carbocycles. The minimum atomic E-state index is 1.20. The first kappa shape index (κ1) is 9.48. The van der Waals surface area contributed by atoms with Gasteiger partial charge in [-0.3, -0.25) is 0 Å². The molecule has 58 valence electrons. The van der Waals surface area contributed by atoms with Crippen LogP contribution in [0.5, 0.6) is 0 Å². The summed E-state index contributed by atoms with van der Waals surface area (Å²) in [7, 11) is 0. The molecule has 0 spiro atoms. The quantitative estimate of drug-likeness (QED) is 0.508. The molecule has 0 fully saturated rings. The predicted molar refractivity (Wildman–Crippen MR) is 48.1 cm³/mol. The van der Waals surface area contributed by atoms with Crippen molar-refractivity contribution < 1.29 is 0 Å². The third-order valence-corrected chi connectivity index (χ3v) is 1.29. The number of hydrogen-bond donors (Lipinski definition) is 0. The van der Waals surface area contributed by atoms with Crippen LogP contribution in [0.3, 0.4) is 0 Å². The Morgan fingerprint density at radius 1 is 0.800 bits per heavy atom. The lowest BCUT2D eigenvalue weighted by molar-refractivity contribution is 0.953. The summed E-state index contributed by atoms with van der Waals surface area (Å²) in [6.45, 7) is 4.39. The molecule has 0 aliphatic rings. The molecule has 0 saturated heterocycles. The molecule has 0 nitrogen and oxygen atoms in total. The highest BCUT2D eigenvalue weighted by molar-refractivity contribution is 5.01. The SMILES string of the molecule is CCC/C=C/C=C/CCC. The van der Waals surface area contributed by atoms with Gasteiger partial charge in [0.1, 0.15) is 0 Å². The zero-order chi connectivity index (χ0) is 7.66. The molecule has 0 radical (unpaired) electrons. The second kappa shape index (κ2) is 8.48. The van der Waals surface area contributed by atoms with Crippen LogP contribution in [0.4, 0.5) is 0 Å². The standard InChI is InChI=1S/C10H18/c1-3-5-7-9-10-8-6-4-2/h7-10H,3-6H2,1-2H3/b9-7+,10-8+. The highest BCUT2D eigenvalue weighted by Gasteiger charge is 1.70. The summed E-state index contributed by atoms with van der Waals surface area (Å²) >= 11 is 0. The Kier molecular flexibility index (Phi) is 8.04. The van der Waals surface area contributed by atoms with Crippen LogP contribution in [-0.4, -0.2) is 0 Å². The van der Waals surface area contributed by atoms with Crippen LogP contribution in [-0.2, 0) is 0 Å². The fraction of sp³-hybridized carbons (Fsp3) is 0.600. The largest absolute Gasteiger partial charge is 0.0846 e. The second-order valence-corrected chi connectivity index (χ2v) is 2.43. The molecule has 0 saturated carbocycles. The summed E-state index contributed by atoms with van der Waals surface area (Å²) in [5.41, 5.74) is 0. The molecule has 0 aromatic rings. The van der Waals surface area contributed by atoms with Crippen molar-refractivity contribution in [2.24, 2.45) is 0 Å². The monoisotopic (exact) mass is 138 g/mol. The van der Waals surface area contributed by atoms with Gasteiger partial charge in [0, 0.05) is 0 Å². The molecule has 0 aliphatic carbocycles. The minimum Gasteiger partial charge on any atom is -0.0846 e. The first-order valence-corrected chi connectivity index (χ1v) is 4.23. The molecule has 0 atom stereocenters. The van der Waals surface area contributed by atoms with E-state index in [0.29, 0.717) is 0 Å². The molecule has 0 heteroatoms. The molecule has 0 aliphatic heterocycles. The van der Waals surface area contributed by atoms with Crippen LogP contribution in [0.25, 0.3) is 0 Å². The maximum atomic E-state index is 2.21. The van der Waals surface area contributed by atoms with E-state index in [9.17, 15) is 0 Å². The number of unbranched alkanes of at least 4 members (excludes halogenated alkanes) is 2. The molecular formula is C10H18. The highest BCUT2D eigenvalue weighted by Crippen LogP contribution is 1.91. The maximum absolute atomic E-state index is 2.21. The van der Waals surface area contributed by atoms with Crippen LogP contribution < -0.4 is 0 Å². The highest BCUT2D eigenvalue weighted by atomic mass is 13.8. The summed E-state index contributed by atoms with van der Waals surface area (Å²) in [6.07, 6.45) is 13.6. The second-order valence-electron chi connectivity index (χ2n) is 2.43. The van der Waals surface area contributed by atoms with Crippen molar-refractivity contribution in [3.63, 3.8) is 0 Å². The first-order chi connectivity index (χ1) is 4.91. The van der Waals surface area contributed by atoms with Crippen molar-refractivity contribution in [3.05, 3.63) is 24.3 Å². The molecule has 0 unspecified atom stereocenters. The Bertz CT molecular complexity index is 84.6. The van der Waals surface area contributed by atoms with Crippen LogP contribution in [0.15, 0.2) is 24.3 Å². The average Bonchev–Trinajstić information content (AvgIpc) is 1.97. The maximum Gasteiger partial charge on any atom is -0.0350 e. The molecule has 0 N–H and O–H groups in total. The van der Waals surface area contributed by atoms with Gasteiger partial charge in [-0.05, 0) is 12.8 Å². The van der Waals surface area contributed by atoms with Crippen molar-refractivity contribution in [2.45, 2.75) is 39.5 Å². The number of allylic oxidation sites excluding steroid dienone is 4. The fourth-order valence-corrected chi connectivity index (χ4v) is 0.683. The molecule has 0 aromatic heterocycles. The number of rotatable bonds is 5. The van der Waals surface area contributed by atoms with E-state index in [2.05, 4.69) is 38.2 Å². The van der Waals surface area contributed by atoms with E-state index in [1.54, 1.807) is 0 Å². The van der Waals surface area contributed by atoms with Crippen LogP contribution in [0, 0.1) is 0 Å². The van der Waals surface area contributed by atoms with E-state index in [-0.39, 0.29) is 0 Å². The van der Waals surface area contributed by atoms with Crippen molar-refractivity contribution >= 4 is 0 Å². The van der Waals surface area contributed by atoms with Gasteiger partial charge in [0.05, 0.1) is 0 Å². The Morgan fingerprint density at radius 2 is 1.20 bits per heavy atom. The normalized spacial score (nSPS) is 11.8. The van der Waals surface area contributed by atoms with Crippen molar-refractivity contribution in [2.75, 3.05) is 0 Å². The van der Waals surface area contributed by atoms with E-state index in [0.717, 1.165) is 0 Å². The molecule has 0 rings (SSSR count). The Morgan fingerprint density at radius 3 is 1.50 bits per heavy atom. The Labute approximate surface area is 64.6 Å². The van der Waals surface area contributed by atoms with Crippen LogP contribution in [0.2, 0.25) is 0 Å². The predicted octanol–water partition coefficient (Wildman–Crippen LogP) is 3.70. The van der Waals surface area contributed by atoms with E-state index in [1.165, 1.54) is 25.7 Å². The van der Waals surface area contributed by atoms with Crippen molar-refractivity contribution in [1.82, 2.24) is 0 Å². The van der Waals surface area contributed by atoms with Crippen molar-refractivity contribution in [3.8, 4) is 0 Å². The third kappa shape index (κ3) is 7.48. The lowest BCUT2D eigenvalue weighted by Gasteiger charge is -1.81. The van der Waals surface area contributed by atoms with Gasteiger partial charge in [0.15, 0.2) is 0 Å². The molecule has 0 amide bonds. The van der Waals surface area contributed by atoms with Gasteiger partial charge in [-0.15, -0.1) is 0 Å². The van der Waals surface area contributed by atoms with Gasteiger partial charge in [-0.2, -0.15) is 0 Å². The first-order valence-electron chi connectivity index (χ1n) is 4.23. The van der Waals surface area contributed by atoms with Gasteiger partial charge in [0.25, 0.3) is 0 Å². The van der Waals surface area contributed by atoms with Gasteiger partial charge in [-0.1, -0.05) is 51.0 Å². The van der Waals surface area contributed by atoms with Gasteiger partial charge >= 0.3 is 0 Å². The van der Waals surface area contributed by atoms with Gasteiger partial charge in [0.2, 0.25) is 0 Å². The molecular weight excluding hydrogens is 120 g/mol. The Balaban J connectivity index is 3.15. The van der Waals surface area contributed by atoms with E-state index >= 15 is 0 Å². The lowest BCUT2D eigenvalue weighted by Crippen LogP contribution is -1.61. The van der Waals surface area contributed by atoms with E-state index in [4.69, 9.17) is 0 Å². The lowest BCUT2D eigenvalue weighted by atomic mass is 10.3. The summed E-state index contributed by atoms with van der Waals surface area (Å²) in [5.74, 6) is 0. The summed E-state index contributed by atoms with van der Waals surface area (Å²) < 4.78 is 0. The van der Waals surface area contributed by atoms with E-state index in [1.807, 2.05) is 0 Å². The zero-order valence-corrected chi connectivity index (χ0v) is 7.14. The average molecular weight is 138 g/mol.